The number of nitrogens with zero attached hydrogens (tertiary/aromatic N) is 4. The number of fused-ring (bicyclic) bond motifs is 9. The van der Waals surface area contributed by atoms with Crippen molar-refractivity contribution >= 4 is 65.7 Å². The molecule has 0 amide bonds. The minimum absolute atomic E-state index is 0.571. The standard InChI is InChI=1S/C40H24N4O/c1-2-12-26(13-3-1)43-32-18-8-4-16-29(32)30-23-22-25(24-35(30)43)38-41-39(37-31-17-7-11-21-36(31)45-40(37)42-38)44-33-19-9-5-14-27(33)28-15-6-10-20-34(28)44/h1-24H. The first kappa shape index (κ1) is 24.3. The first-order valence-electron chi connectivity index (χ1n) is 15.1. The summed E-state index contributed by atoms with van der Waals surface area (Å²) in [5.41, 5.74) is 7.85. The molecule has 6 aromatic carbocycles. The molecule has 0 aliphatic carbocycles. The van der Waals surface area contributed by atoms with Crippen LogP contribution in [0.15, 0.2) is 150 Å². The Labute approximate surface area is 257 Å². The van der Waals surface area contributed by atoms with E-state index in [2.05, 4.69) is 137 Å². The second-order valence-corrected chi connectivity index (χ2v) is 11.4. The largest absolute Gasteiger partial charge is 0.437 e. The van der Waals surface area contributed by atoms with E-state index in [-0.39, 0.29) is 0 Å². The van der Waals surface area contributed by atoms with E-state index in [1.165, 1.54) is 21.5 Å². The maximum atomic E-state index is 6.44. The van der Waals surface area contributed by atoms with E-state index in [0.29, 0.717) is 11.5 Å². The number of aromatic nitrogens is 4. The Morgan fingerprint density at radius 3 is 1.69 bits per heavy atom. The SMILES string of the molecule is c1ccc(-n2c3ccccc3c3ccc(-c4nc(-n5c6ccccc6c6ccccc65)c5c(n4)oc4ccccc45)cc32)cc1. The van der Waals surface area contributed by atoms with Crippen LogP contribution in [-0.2, 0) is 0 Å². The Morgan fingerprint density at radius 2 is 1.00 bits per heavy atom. The van der Waals surface area contributed by atoms with Crippen LogP contribution >= 0.6 is 0 Å². The van der Waals surface area contributed by atoms with Crippen LogP contribution in [-0.4, -0.2) is 19.1 Å². The van der Waals surface area contributed by atoms with Crippen LogP contribution in [0.25, 0.3) is 88.6 Å². The van der Waals surface area contributed by atoms with Crippen LogP contribution in [0, 0.1) is 0 Å². The predicted molar refractivity (Wildman–Crippen MR) is 183 cm³/mol. The highest BCUT2D eigenvalue weighted by molar-refractivity contribution is 6.14. The Morgan fingerprint density at radius 1 is 0.444 bits per heavy atom. The fourth-order valence-electron chi connectivity index (χ4n) is 7.01. The number of para-hydroxylation sites is 5. The third kappa shape index (κ3) is 3.43. The topological polar surface area (TPSA) is 48.8 Å². The normalized spacial score (nSPS) is 12.0. The van der Waals surface area contributed by atoms with Gasteiger partial charge in [-0.3, -0.25) is 4.57 Å². The minimum Gasteiger partial charge on any atom is -0.437 e. The minimum atomic E-state index is 0.571. The van der Waals surface area contributed by atoms with Gasteiger partial charge < -0.3 is 8.98 Å². The average molecular weight is 577 g/mol. The van der Waals surface area contributed by atoms with Gasteiger partial charge in [-0.05, 0) is 42.5 Å². The molecule has 0 aliphatic heterocycles. The van der Waals surface area contributed by atoms with Gasteiger partial charge in [0.05, 0.1) is 27.5 Å². The molecule has 0 N–H and O–H groups in total. The molecule has 5 heteroatoms. The lowest BCUT2D eigenvalue weighted by Gasteiger charge is -2.11. The van der Waals surface area contributed by atoms with Crippen molar-refractivity contribution in [3.05, 3.63) is 146 Å². The van der Waals surface area contributed by atoms with Crippen molar-refractivity contribution in [2.75, 3.05) is 0 Å². The second kappa shape index (κ2) is 9.15. The number of furan rings is 1. The van der Waals surface area contributed by atoms with Crippen molar-refractivity contribution < 1.29 is 4.42 Å². The third-order valence-electron chi connectivity index (χ3n) is 8.96. The molecule has 0 bridgehead atoms. The zero-order valence-corrected chi connectivity index (χ0v) is 24.1. The zero-order valence-electron chi connectivity index (χ0n) is 24.1. The van der Waals surface area contributed by atoms with E-state index >= 15 is 0 Å². The summed E-state index contributed by atoms with van der Waals surface area (Å²) in [5.74, 6) is 1.42. The fraction of sp³-hybridized carbons (Fsp3) is 0. The second-order valence-electron chi connectivity index (χ2n) is 11.4. The summed E-state index contributed by atoms with van der Waals surface area (Å²) < 4.78 is 11.0. The van der Waals surface area contributed by atoms with Crippen molar-refractivity contribution in [3.8, 4) is 22.9 Å². The highest BCUT2D eigenvalue weighted by atomic mass is 16.3. The van der Waals surface area contributed by atoms with Crippen LogP contribution in [0.5, 0.6) is 0 Å². The Bertz CT molecular complexity index is 2710. The highest BCUT2D eigenvalue weighted by Gasteiger charge is 2.22. The third-order valence-corrected chi connectivity index (χ3v) is 8.96. The van der Waals surface area contributed by atoms with Crippen LogP contribution in [0.2, 0.25) is 0 Å². The summed E-state index contributed by atoms with van der Waals surface area (Å²) in [5, 5.41) is 6.66. The van der Waals surface area contributed by atoms with E-state index in [4.69, 9.17) is 14.4 Å². The van der Waals surface area contributed by atoms with Gasteiger partial charge in [0.15, 0.2) is 11.6 Å². The molecule has 4 heterocycles. The average Bonchev–Trinajstić information content (AvgIpc) is 3.76. The van der Waals surface area contributed by atoms with Gasteiger partial charge in [0.1, 0.15) is 5.58 Å². The molecule has 0 aliphatic rings. The van der Waals surface area contributed by atoms with Crippen molar-refractivity contribution in [1.82, 2.24) is 19.1 Å². The summed E-state index contributed by atoms with van der Waals surface area (Å²) in [6, 6.07) is 50.8. The van der Waals surface area contributed by atoms with Crippen LogP contribution < -0.4 is 0 Å². The predicted octanol–water partition coefficient (Wildman–Crippen LogP) is 10.2. The Balaban J connectivity index is 1.31. The summed E-state index contributed by atoms with van der Waals surface area (Å²) in [6.07, 6.45) is 0. The quantitative estimate of drug-likeness (QED) is 0.210. The van der Waals surface area contributed by atoms with Crippen molar-refractivity contribution in [2.45, 2.75) is 0 Å². The fourth-order valence-corrected chi connectivity index (χ4v) is 7.01. The molecule has 10 rings (SSSR count). The molecule has 0 saturated heterocycles. The smallest absolute Gasteiger partial charge is 0.233 e. The number of benzene rings is 6. The lowest BCUT2D eigenvalue weighted by molar-refractivity contribution is 0.653. The van der Waals surface area contributed by atoms with Gasteiger partial charge in [0, 0.05) is 38.2 Å². The van der Waals surface area contributed by atoms with Gasteiger partial charge in [-0.1, -0.05) is 103 Å². The van der Waals surface area contributed by atoms with Gasteiger partial charge in [-0.25, -0.2) is 4.98 Å². The summed E-state index contributed by atoms with van der Waals surface area (Å²) in [6.45, 7) is 0. The lowest BCUT2D eigenvalue weighted by atomic mass is 10.1. The number of hydrogen-bond donors (Lipinski definition) is 0. The van der Waals surface area contributed by atoms with Crippen molar-refractivity contribution in [3.63, 3.8) is 0 Å². The molecule has 0 spiro atoms. The van der Waals surface area contributed by atoms with Gasteiger partial charge in [0.25, 0.3) is 0 Å². The first-order chi connectivity index (χ1) is 22.3. The molecule has 5 nitrogen and oxygen atoms in total. The van der Waals surface area contributed by atoms with Gasteiger partial charge in [-0.15, -0.1) is 0 Å². The van der Waals surface area contributed by atoms with E-state index in [1.807, 2.05) is 18.2 Å². The molecule has 0 atom stereocenters. The van der Waals surface area contributed by atoms with Crippen LogP contribution in [0.3, 0.4) is 0 Å². The van der Waals surface area contributed by atoms with Crippen molar-refractivity contribution in [1.29, 1.82) is 0 Å². The Hall–Kier alpha value is -6.20. The molecule has 0 unspecified atom stereocenters. The molecule has 0 radical (unpaired) electrons. The molecule has 0 saturated carbocycles. The van der Waals surface area contributed by atoms with Crippen molar-refractivity contribution in [2.24, 2.45) is 0 Å². The highest BCUT2D eigenvalue weighted by Crippen LogP contribution is 2.39. The molecule has 0 fully saturated rings. The maximum Gasteiger partial charge on any atom is 0.233 e. The molecular formula is C40H24N4O. The van der Waals surface area contributed by atoms with E-state index in [0.717, 1.165) is 55.5 Å². The summed E-state index contributed by atoms with van der Waals surface area (Å²) in [7, 11) is 0. The molecular weight excluding hydrogens is 552 g/mol. The van der Waals surface area contributed by atoms with E-state index < -0.39 is 0 Å². The van der Waals surface area contributed by atoms with Crippen LogP contribution in [0.4, 0.5) is 0 Å². The molecule has 210 valence electrons. The van der Waals surface area contributed by atoms with Gasteiger partial charge in [0.2, 0.25) is 5.71 Å². The Kier molecular flexibility index (Phi) is 4.93. The summed E-state index contributed by atoms with van der Waals surface area (Å²) in [4.78, 5) is 10.5. The number of hydrogen-bond acceptors (Lipinski definition) is 3. The molecule has 10 aromatic rings. The monoisotopic (exact) mass is 576 g/mol. The van der Waals surface area contributed by atoms with Gasteiger partial charge >= 0.3 is 0 Å². The van der Waals surface area contributed by atoms with E-state index in [1.54, 1.807) is 0 Å². The van der Waals surface area contributed by atoms with Crippen LogP contribution in [0.1, 0.15) is 0 Å². The van der Waals surface area contributed by atoms with E-state index in [9.17, 15) is 0 Å². The summed E-state index contributed by atoms with van der Waals surface area (Å²) >= 11 is 0. The molecule has 4 aromatic heterocycles. The number of rotatable bonds is 3. The van der Waals surface area contributed by atoms with Gasteiger partial charge in [-0.2, -0.15) is 4.98 Å². The first-order valence-corrected chi connectivity index (χ1v) is 15.1. The zero-order chi connectivity index (χ0) is 29.5. The molecule has 45 heavy (non-hydrogen) atoms. The maximum absolute atomic E-state index is 6.44. The lowest BCUT2D eigenvalue weighted by Crippen LogP contribution is -2.02.